The van der Waals surface area contributed by atoms with Crippen LogP contribution in [0.2, 0.25) is 0 Å². The molecule has 1 saturated heterocycles. The van der Waals surface area contributed by atoms with Crippen LogP contribution >= 0.6 is 0 Å². The minimum absolute atomic E-state index is 0.171. The molecule has 6 nitrogen and oxygen atoms in total. The van der Waals surface area contributed by atoms with E-state index in [2.05, 4.69) is 5.32 Å². The smallest absolute Gasteiger partial charge is 0.240 e. The van der Waals surface area contributed by atoms with Crippen LogP contribution in [0.3, 0.4) is 0 Å². The molecule has 3 rings (SSSR count). The first kappa shape index (κ1) is 18.4. The number of ether oxygens (including phenoxy) is 1. The second kappa shape index (κ2) is 7.89. The van der Waals surface area contributed by atoms with Crippen LogP contribution in [0.4, 0.5) is 0 Å². The normalized spacial score (nSPS) is 22.3. The van der Waals surface area contributed by atoms with Crippen molar-refractivity contribution < 1.29 is 19.1 Å². The molecule has 0 radical (unpaired) electrons. The summed E-state index contributed by atoms with van der Waals surface area (Å²) in [6.45, 7) is 2.27. The van der Waals surface area contributed by atoms with Gasteiger partial charge in [0.1, 0.15) is 12.3 Å². The van der Waals surface area contributed by atoms with Crippen molar-refractivity contribution in [3.63, 3.8) is 0 Å². The van der Waals surface area contributed by atoms with E-state index < -0.39 is 0 Å². The van der Waals surface area contributed by atoms with Crippen molar-refractivity contribution in [2.75, 3.05) is 20.2 Å². The molecular formula is C20H26N2O4. The minimum atomic E-state index is -0.294. The molecule has 0 bridgehead atoms. The lowest BCUT2D eigenvalue weighted by molar-refractivity contribution is -0.143. The van der Waals surface area contributed by atoms with Crippen LogP contribution in [0.25, 0.3) is 0 Å². The van der Waals surface area contributed by atoms with E-state index >= 15 is 0 Å². The standard InChI is InChI=1S/C20H26N2O4/c1-13-7-8-17(26-2)14(11-13)9-10-21-18(23)12-22-19(24)15-5-3-4-6-16(15)20(22)25/h7-8,11,15-16H,3-6,9-10,12H2,1-2H3,(H,21,23). The average Bonchev–Trinajstić information content (AvgIpc) is 2.87. The van der Waals surface area contributed by atoms with Gasteiger partial charge in [0, 0.05) is 6.54 Å². The summed E-state index contributed by atoms with van der Waals surface area (Å²) in [5.74, 6) is -0.262. The Balaban J connectivity index is 1.52. The zero-order valence-electron chi connectivity index (χ0n) is 15.4. The second-order valence-electron chi connectivity index (χ2n) is 7.18. The van der Waals surface area contributed by atoms with Crippen LogP contribution in [-0.4, -0.2) is 42.8 Å². The summed E-state index contributed by atoms with van der Waals surface area (Å²) < 4.78 is 5.34. The Morgan fingerprint density at radius 3 is 2.46 bits per heavy atom. The molecule has 2 unspecified atom stereocenters. The number of fused-ring (bicyclic) bond motifs is 1. The Hall–Kier alpha value is -2.37. The summed E-state index contributed by atoms with van der Waals surface area (Å²) >= 11 is 0. The molecule has 2 atom stereocenters. The summed E-state index contributed by atoms with van der Waals surface area (Å²) in [6.07, 6.45) is 4.13. The average molecular weight is 358 g/mol. The fraction of sp³-hybridized carbons (Fsp3) is 0.550. The number of aryl methyl sites for hydroxylation is 1. The van der Waals surface area contributed by atoms with Gasteiger partial charge in [-0.1, -0.05) is 30.5 Å². The highest BCUT2D eigenvalue weighted by molar-refractivity contribution is 6.07. The lowest BCUT2D eigenvalue weighted by Gasteiger charge is -2.19. The summed E-state index contributed by atoms with van der Waals surface area (Å²) in [7, 11) is 1.62. The van der Waals surface area contributed by atoms with E-state index in [1.807, 2.05) is 25.1 Å². The van der Waals surface area contributed by atoms with Gasteiger partial charge in [0.15, 0.2) is 0 Å². The number of rotatable bonds is 6. The summed E-state index contributed by atoms with van der Waals surface area (Å²) in [4.78, 5) is 38.2. The molecule has 1 aromatic rings. The first-order valence-corrected chi connectivity index (χ1v) is 9.26. The number of nitrogens with one attached hydrogen (secondary N) is 1. The first-order valence-electron chi connectivity index (χ1n) is 9.26. The number of likely N-dealkylation sites (tertiary alicyclic amines) is 1. The summed E-state index contributed by atoms with van der Waals surface area (Å²) in [5, 5.41) is 2.81. The number of carbonyl (C=O) groups is 3. The summed E-state index contributed by atoms with van der Waals surface area (Å²) in [5.41, 5.74) is 2.15. The van der Waals surface area contributed by atoms with E-state index in [1.165, 1.54) is 0 Å². The Bertz CT molecular complexity index is 692. The number of amides is 3. The molecular weight excluding hydrogens is 332 g/mol. The van der Waals surface area contributed by atoms with Gasteiger partial charge in [-0.25, -0.2) is 0 Å². The maximum atomic E-state index is 12.4. The van der Waals surface area contributed by atoms with Crippen LogP contribution in [0, 0.1) is 18.8 Å². The molecule has 26 heavy (non-hydrogen) atoms. The second-order valence-corrected chi connectivity index (χ2v) is 7.18. The van der Waals surface area contributed by atoms with Crippen molar-refractivity contribution in [1.82, 2.24) is 10.2 Å². The minimum Gasteiger partial charge on any atom is -0.496 e. The van der Waals surface area contributed by atoms with Gasteiger partial charge in [0.05, 0.1) is 18.9 Å². The van der Waals surface area contributed by atoms with Crippen LogP contribution in [0.15, 0.2) is 18.2 Å². The predicted octanol–water partition coefficient (Wildman–Crippen LogP) is 1.84. The number of methoxy groups -OCH3 is 1. The zero-order valence-corrected chi connectivity index (χ0v) is 15.4. The molecule has 1 N–H and O–H groups in total. The molecule has 1 aliphatic carbocycles. The summed E-state index contributed by atoms with van der Waals surface area (Å²) in [6, 6.07) is 5.92. The highest BCUT2D eigenvalue weighted by Gasteiger charge is 2.48. The fourth-order valence-corrected chi connectivity index (χ4v) is 4.03. The van der Waals surface area contributed by atoms with Gasteiger partial charge >= 0.3 is 0 Å². The maximum absolute atomic E-state index is 12.4. The van der Waals surface area contributed by atoms with Crippen molar-refractivity contribution in [1.29, 1.82) is 0 Å². The van der Waals surface area contributed by atoms with E-state index in [0.717, 1.165) is 47.5 Å². The quantitative estimate of drug-likeness (QED) is 0.788. The number of carbonyl (C=O) groups excluding carboxylic acids is 3. The van der Waals surface area contributed by atoms with Gasteiger partial charge in [-0.05, 0) is 37.8 Å². The number of benzene rings is 1. The Morgan fingerprint density at radius 1 is 1.19 bits per heavy atom. The molecule has 2 aliphatic rings. The van der Waals surface area contributed by atoms with Crippen LogP contribution < -0.4 is 10.1 Å². The molecule has 6 heteroatoms. The molecule has 140 valence electrons. The SMILES string of the molecule is COc1ccc(C)cc1CCNC(=O)CN1C(=O)C2CCCCC2C1=O. The molecule has 2 fully saturated rings. The molecule has 1 saturated carbocycles. The van der Waals surface area contributed by atoms with Crippen LogP contribution in [-0.2, 0) is 20.8 Å². The van der Waals surface area contributed by atoms with E-state index in [4.69, 9.17) is 4.74 Å². The maximum Gasteiger partial charge on any atom is 0.240 e. The third-order valence-corrected chi connectivity index (χ3v) is 5.39. The predicted molar refractivity (Wildman–Crippen MR) is 96.6 cm³/mol. The number of imide groups is 1. The van der Waals surface area contributed by atoms with Crippen molar-refractivity contribution in [2.24, 2.45) is 11.8 Å². The number of nitrogens with zero attached hydrogens (tertiary/aromatic N) is 1. The van der Waals surface area contributed by atoms with Crippen molar-refractivity contribution in [3.05, 3.63) is 29.3 Å². The van der Waals surface area contributed by atoms with Crippen molar-refractivity contribution >= 4 is 17.7 Å². The van der Waals surface area contributed by atoms with Gasteiger partial charge in [-0.15, -0.1) is 0 Å². The highest BCUT2D eigenvalue weighted by Crippen LogP contribution is 2.37. The Kier molecular flexibility index (Phi) is 5.59. The lowest BCUT2D eigenvalue weighted by Crippen LogP contribution is -2.41. The molecule has 1 aromatic carbocycles. The van der Waals surface area contributed by atoms with Gasteiger partial charge in [-0.3, -0.25) is 19.3 Å². The van der Waals surface area contributed by atoms with Gasteiger partial charge < -0.3 is 10.1 Å². The Labute approximate surface area is 153 Å². The molecule has 0 spiro atoms. The highest BCUT2D eigenvalue weighted by atomic mass is 16.5. The third-order valence-electron chi connectivity index (χ3n) is 5.39. The first-order chi connectivity index (χ1) is 12.5. The van der Waals surface area contributed by atoms with Gasteiger partial charge in [0.25, 0.3) is 0 Å². The van der Waals surface area contributed by atoms with Crippen molar-refractivity contribution in [2.45, 2.75) is 39.0 Å². The Morgan fingerprint density at radius 2 is 1.85 bits per heavy atom. The van der Waals surface area contributed by atoms with Gasteiger partial charge in [0.2, 0.25) is 17.7 Å². The van der Waals surface area contributed by atoms with E-state index in [1.54, 1.807) is 7.11 Å². The molecule has 0 aromatic heterocycles. The lowest BCUT2D eigenvalue weighted by atomic mass is 9.81. The van der Waals surface area contributed by atoms with Gasteiger partial charge in [-0.2, -0.15) is 0 Å². The molecule has 1 aliphatic heterocycles. The third kappa shape index (κ3) is 3.74. The fourth-order valence-electron chi connectivity index (χ4n) is 4.03. The molecule has 1 heterocycles. The number of hydrogen-bond acceptors (Lipinski definition) is 4. The molecule has 3 amide bonds. The van der Waals surface area contributed by atoms with Crippen LogP contribution in [0.5, 0.6) is 5.75 Å². The number of hydrogen-bond donors (Lipinski definition) is 1. The van der Waals surface area contributed by atoms with E-state index in [9.17, 15) is 14.4 Å². The largest absolute Gasteiger partial charge is 0.496 e. The van der Waals surface area contributed by atoms with Crippen molar-refractivity contribution in [3.8, 4) is 5.75 Å². The van der Waals surface area contributed by atoms with E-state index in [-0.39, 0.29) is 36.1 Å². The monoisotopic (exact) mass is 358 g/mol. The zero-order chi connectivity index (χ0) is 18.7. The van der Waals surface area contributed by atoms with Crippen LogP contribution in [0.1, 0.15) is 36.8 Å². The van der Waals surface area contributed by atoms with E-state index in [0.29, 0.717) is 13.0 Å². The topological polar surface area (TPSA) is 75.7 Å².